The van der Waals surface area contributed by atoms with Gasteiger partial charge in [-0.05, 0) is 37.6 Å². The lowest BCUT2D eigenvalue weighted by molar-refractivity contribution is 0.176. The normalized spacial score (nSPS) is 11.0. The van der Waals surface area contributed by atoms with Gasteiger partial charge in [0.15, 0.2) is 0 Å². The molecular weight excluding hydrogens is 261 g/mol. The standard InChI is InChI=1S/C14H18FN3O2/c1-4-17-12(8-20-3)13(16)14(19)18(17)11-6-5-10(15)7-9(11)2/h5-7H,4,8,16H2,1-3H3. The molecule has 1 heterocycles. The Balaban J connectivity index is 2.73. The zero-order chi connectivity index (χ0) is 14.9. The van der Waals surface area contributed by atoms with Crippen LogP contribution in [-0.4, -0.2) is 16.5 Å². The lowest BCUT2D eigenvalue weighted by atomic mass is 10.2. The molecule has 2 N–H and O–H groups in total. The molecule has 0 amide bonds. The molecule has 0 aliphatic carbocycles. The van der Waals surface area contributed by atoms with Crippen LogP contribution < -0.4 is 11.3 Å². The number of rotatable bonds is 4. The Morgan fingerprint density at radius 1 is 1.40 bits per heavy atom. The van der Waals surface area contributed by atoms with Gasteiger partial charge in [-0.3, -0.25) is 9.48 Å². The first kappa shape index (κ1) is 14.3. The van der Waals surface area contributed by atoms with Crippen LogP contribution in [0.5, 0.6) is 0 Å². The molecule has 108 valence electrons. The summed E-state index contributed by atoms with van der Waals surface area (Å²) < 4.78 is 21.5. The van der Waals surface area contributed by atoms with Crippen LogP contribution in [0, 0.1) is 12.7 Å². The van der Waals surface area contributed by atoms with Crippen molar-refractivity contribution >= 4 is 5.69 Å². The molecule has 0 unspecified atom stereocenters. The molecule has 0 bridgehead atoms. The highest BCUT2D eigenvalue weighted by Gasteiger charge is 2.18. The lowest BCUT2D eigenvalue weighted by Gasteiger charge is -2.14. The van der Waals surface area contributed by atoms with Crippen molar-refractivity contribution in [2.75, 3.05) is 12.8 Å². The lowest BCUT2D eigenvalue weighted by Crippen LogP contribution is -2.23. The second-order valence-electron chi connectivity index (χ2n) is 4.56. The van der Waals surface area contributed by atoms with E-state index in [9.17, 15) is 9.18 Å². The Hall–Kier alpha value is -2.08. The van der Waals surface area contributed by atoms with Crippen molar-refractivity contribution in [2.24, 2.45) is 0 Å². The van der Waals surface area contributed by atoms with E-state index >= 15 is 0 Å². The van der Waals surface area contributed by atoms with Crippen LogP contribution in [0.2, 0.25) is 0 Å². The van der Waals surface area contributed by atoms with Gasteiger partial charge in [-0.2, -0.15) is 0 Å². The highest BCUT2D eigenvalue weighted by atomic mass is 19.1. The zero-order valence-electron chi connectivity index (χ0n) is 11.8. The second kappa shape index (κ2) is 5.50. The maximum absolute atomic E-state index is 13.2. The van der Waals surface area contributed by atoms with Crippen LogP contribution in [0.25, 0.3) is 5.69 Å². The van der Waals surface area contributed by atoms with Crippen molar-refractivity contribution in [3.63, 3.8) is 0 Å². The van der Waals surface area contributed by atoms with Crippen molar-refractivity contribution in [3.05, 3.63) is 45.6 Å². The van der Waals surface area contributed by atoms with Crippen LogP contribution in [0.1, 0.15) is 18.2 Å². The predicted octanol–water partition coefficient (Wildman–Crippen LogP) is 1.84. The molecule has 0 fully saturated rings. The fraction of sp³-hybridized carbons (Fsp3) is 0.357. The number of benzene rings is 1. The summed E-state index contributed by atoms with van der Waals surface area (Å²) in [5.74, 6) is -0.334. The minimum atomic E-state index is -0.334. The molecule has 0 aliphatic heterocycles. The Labute approximate surface area is 116 Å². The molecule has 0 atom stereocenters. The molecular formula is C14H18FN3O2. The van der Waals surface area contributed by atoms with Crippen LogP contribution in [0.15, 0.2) is 23.0 Å². The number of nitrogen functional groups attached to an aromatic ring is 1. The molecule has 2 rings (SSSR count). The minimum absolute atomic E-state index is 0.164. The highest BCUT2D eigenvalue weighted by molar-refractivity contribution is 5.47. The summed E-state index contributed by atoms with van der Waals surface area (Å²) in [6.45, 7) is 4.47. The summed E-state index contributed by atoms with van der Waals surface area (Å²) >= 11 is 0. The number of nitrogens with two attached hydrogens (primary N) is 1. The molecule has 2 aromatic rings. The molecule has 5 nitrogen and oxygen atoms in total. The molecule has 20 heavy (non-hydrogen) atoms. The number of methoxy groups -OCH3 is 1. The summed E-state index contributed by atoms with van der Waals surface area (Å²) in [4.78, 5) is 12.3. The summed E-state index contributed by atoms with van der Waals surface area (Å²) in [5, 5.41) is 0. The number of halogens is 1. The molecule has 1 aromatic heterocycles. The number of aryl methyl sites for hydroxylation is 1. The Kier molecular flexibility index (Phi) is 3.94. The van der Waals surface area contributed by atoms with Gasteiger partial charge in [0.1, 0.15) is 11.5 Å². The maximum atomic E-state index is 13.2. The first-order valence-corrected chi connectivity index (χ1v) is 6.36. The predicted molar refractivity (Wildman–Crippen MR) is 75.5 cm³/mol. The van der Waals surface area contributed by atoms with E-state index in [1.807, 2.05) is 6.92 Å². The zero-order valence-corrected chi connectivity index (χ0v) is 11.8. The highest BCUT2D eigenvalue weighted by Crippen LogP contribution is 2.18. The fourth-order valence-electron chi connectivity index (χ4n) is 2.32. The number of hydrogen-bond donors (Lipinski definition) is 1. The Morgan fingerprint density at radius 2 is 2.10 bits per heavy atom. The van der Waals surface area contributed by atoms with Crippen molar-refractivity contribution in [2.45, 2.75) is 27.0 Å². The monoisotopic (exact) mass is 279 g/mol. The summed E-state index contributed by atoms with van der Waals surface area (Å²) in [7, 11) is 1.55. The van der Waals surface area contributed by atoms with Gasteiger partial charge in [-0.15, -0.1) is 0 Å². The number of hydrogen-bond acceptors (Lipinski definition) is 3. The first-order valence-electron chi connectivity index (χ1n) is 6.36. The Morgan fingerprint density at radius 3 is 2.65 bits per heavy atom. The Bertz CT molecular complexity index is 688. The number of anilines is 1. The van der Waals surface area contributed by atoms with Crippen molar-refractivity contribution in [1.29, 1.82) is 0 Å². The molecule has 0 spiro atoms. The molecule has 0 saturated heterocycles. The van der Waals surface area contributed by atoms with E-state index in [1.54, 1.807) is 24.8 Å². The summed E-state index contributed by atoms with van der Waals surface area (Å²) in [6.07, 6.45) is 0. The van der Waals surface area contributed by atoms with Crippen molar-refractivity contribution in [1.82, 2.24) is 9.36 Å². The van der Waals surface area contributed by atoms with Crippen molar-refractivity contribution in [3.8, 4) is 5.69 Å². The van der Waals surface area contributed by atoms with Crippen LogP contribution in [-0.2, 0) is 17.9 Å². The maximum Gasteiger partial charge on any atom is 0.294 e. The van der Waals surface area contributed by atoms with E-state index in [4.69, 9.17) is 10.5 Å². The molecule has 1 aromatic carbocycles. The molecule has 0 radical (unpaired) electrons. The SMILES string of the molecule is CCn1c(COC)c(N)c(=O)n1-c1ccc(F)cc1C. The molecule has 0 saturated carbocycles. The minimum Gasteiger partial charge on any atom is -0.393 e. The number of ether oxygens (including phenoxy) is 1. The van der Waals surface area contributed by atoms with E-state index in [0.717, 1.165) is 0 Å². The molecule has 0 aliphatic rings. The van der Waals surface area contributed by atoms with Gasteiger partial charge in [0.25, 0.3) is 5.56 Å². The van der Waals surface area contributed by atoms with Gasteiger partial charge in [0.05, 0.1) is 18.0 Å². The van der Waals surface area contributed by atoms with Gasteiger partial charge in [-0.1, -0.05) is 0 Å². The summed E-state index contributed by atoms with van der Waals surface area (Å²) in [5.41, 5.74) is 7.64. The third kappa shape index (κ3) is 2.22. The van der Waals surface area contributed by atoms with E-state index < -0.39 is 0 Å². The third-order valence-corrected chi connectivity index (χ3v) is 3.25. The van der Waals surface area contributed by atoms with E-state index in [1.165, 1.54) is 16.8 Å². The fourth-order valence-corrected chi connectivity index (χ4v) is 2.32. The quantitative estimate of drug-likeness (QED) is 0.928. The van der Waals surface area contributed by atoms with Gasteiger partial charge in [0, 0.05) is 13.7 Å². The van der Waals surface area contributed by atoms with E-state index in [-0.39, 0.29) is 23.7 Å². The smallest absolute Gasteiger partial charge is 0.294 e. The van der Waals surface area contributed by atoms with E-state index in [2.05, 4.69) is 0 Å². The first-order chi connectivity index (χ1) is 9.51. The molecule has 6 heteroatoms. The van der Waals surface area contributed by atoms with Crippen LogP contribution >= 0.6 is 0 Å². The number of nitrogens with zero attached hydrogens (tertiary/aromatic N) is 2. The van der Waals surface area contributed by atoms with Gasteiger partial charge >= 0.3 is 0 Å². The average Bonchev–Trinajstić information content (AvgIpc) is 2.64. The van der Waals surface area contributed by atoms with Gasteiger partial charge < -0.3 is 10.5 Å². The third-order valence-electron chi connectivity index (χ3n) is 3.25. The average molecular weight is 279 g/mol. The van der Waals surface area contributed by atoms with Crippen LogP contribution in [0.3, 0.4) is 0 Å². The number of aromatic nitrogens is 2. The largest absolute Gasteiger partial charge is 0.393 e. The van der Waals surface area contributed by atoms with Crippen LogP contribution in [0.4, 0.5) is 10.1 Å². The van der Waals surface area contributed by atoms with Crippen molar-refractivity contribution < 1.29 is 9.13 Å². The summed E-state index contributed by atoms with van der Waals surface area (Å²) in [6, 6.07) is 4.29. The van der Waals surface area contributed by atoms with E-state index in [0.29, 0.717) is 23.5 Å². The second-order valence-corrected chi connectivity index (χ2v) is 4.56. The van der Waals surface area contributed by atoms with Gasteiger partial charge in [-0.25, -0.2) is 9.07 Å². The topological polar surface area (TPSA) is 62.2 Å². The van der Waals surface area contributed by atoms with Gasteiger partial charge in [0.2, 0.25) is 0 Å².